The van der Waals surface area contributed by atoms with Crippen LogP contribution in [-0.2, 0) is 4.84 Å². The molecule has 0 unspecified atom stereocenters. The molecule has 1 saturated heterocycles. The molecule has 0 aliphatic carbocycles. The lowest BCUT2D eigenvalue weighted by Crippen LogP contribution is -2.29. The van der Waals surface area contributed by atoms with Gasteiger partial charge in [-0.1, -0.05) is 18.2 Å². The largest absolute Gasteiger partial charge is 0.477 e. The quantitative estimate of drug-likeness (QED) is 0.709. The van der Waals surface area contributed by atoms with Crippen molar-refractivity contribution in [2.75, 3.05) is 20.3 Å². The summed E-state index contributed by atoms with van der Waals surface area (Å²) in [5.41, 5.74) is 2.13. The number of rotatable bonds is 0. The van der Waals surface area contributed by atoms with E-state index in [9.17, 15) is 0 Å². The van der Waals surface area contributed by atoms with Gasteiger partial charge in [0.15, 0.2) is 0 Å². The van der Waals surface area contributed by atoms with Gasteiger partial charge in [-0.3, -0.25) is 4.84 Å². The van der Waals surface area contributed by atoms with E-state index >= 15 is 0 Å². The number of aromatic nitrogens is 1. The minimum absolute atomic E-state index is 0.269. The third kappa shape index (κ3) is 1.36. The molecule has 1 aromatic carbocycles. The Morgan fingerprint density at radius 1 is 1.28 bits per heavy atom. The second-order valence-electron chi connectivity index (χ2n) is 4.93. The van der Waals surface area contributed by atoms with Crippen molar-refractivity contribution >= 4 is 10.9 Å². The molecule has 4 rings (SSSR count). The molecule has 3 heterocycles. The summed E-state index contributed by atoms with van der Waals surface area (Å²) in [6.45, 7) is 1.42. The number of ether oxygens (including phenoxy) is 1. The van der Waals surface area contributed by atoms with Gasteiger partial charge < -0.3 is 4.74 Å². The van der Waals surface area contributed by atoms with Crippen LogP contribution in [-0.4, -0.2) is 30.3 Å². The van der Waals surface area contributed by atoms with Gasteiger partial charge in [0.2, 0.25) is 5.88 Å². The van der Waals surface area contributed by atoms with Crippen LogP contribution < -0.4 is 4.74 Å². The first-order valence-electron chi connectivity index (χ1n) is 6.21. The molecule has 0 radical (unpaired) electrons. The summed E-state index contributed by atoms with van der Waals surface area (Å²) >= 11 is 0. The van der Waals surface area contributed by atoms with E-state index in [1.54, 1.807) is 0 Å². The zero-order valence-corrected chi connectivity index (χ0v) is 10.2. The third-order valence-electron chi connectivity index (χ3n) is 3.80. The smallest absolute Gasteiger partial charge is 0.218 e. The fraction of sp³-hybridized carbons (Fsp3) is 0.357. The molecule has 0 spiro atoms. The predicted octanol–water partition coefficient (Wildman–Crippen LogP) is 2.16. The van der Waals surface area contributed by atoms with Crippen LogP contribution in [0.3, 0.4) is 0 Å². The standard InChI is InChI=1S/C14H14N2O2/c1-16-13-10(8-18-16)7-17-14-11(13)6-9-4-2-3-5-12(9)15-14/h2-6,10,13H,7-8H2,1H3/t10-,13+/m1/s1. The zero-order valence-electron chi connectivity index (χ0n) is 10.2. The first-order valence-corrected chi connectivity index (χ1v) is 6.21. The first kappa shape index (κ1) is 10.3. The van der Waals surface area contributed by atoms with E-state index in [-0.39, 0.29) is 6.04 Å². The maximum atomic E-state index is 5.78. The van der Waals surface area contributed by atoms with E-state index in [2.05, 4.69) is 17.1 Å². The first-order chi connectivity index (χ1) is 8.83. The molecule has 4 nitrogen and oxygen atoms in total. The number of benzene rings is 1. The molecule has 4 heteroatoms. The van der Waals surface area contributed by atoms with Gasteiger partial charge in [-0.05, 0) is 12.1 Å². The number of nitrogens with zero attached hydrogens (tertiary/aromatic N) is 2. The highest BCUT2D eigenvalue weighted by molar-refractivity contribution is 5.80. The topological polar surface area (TPSA) is 34.6 Å². The van der Waals surface area contributed by atoms with Gasteiger partial charge in [-0.15, -0.1) is 0 Å². The van der Waals surface area contributed by atoms with Crippen molar-refractivity contribution in [1.29, 1.82) is 0 Å². The summed E-state index contributed by atoms with van der Waals surface area (Å²) in [4.78, 5) is 10.2. The lowest BCUT2D eigenvalue weighted by molar-refractivity contribution is -0.111. The highest BCUT2D eigenvalue weighted by Crippen LogP contribution is 2.42. The Labute approximate surface area is 105 Å². The normalized spacial score (nSPS) is 26.7. The molecule has 2 aromatic rings. The highest BCUT2D eigenvalue weighted by atomic mass is 16.7. The lowest BCUT2D eigenvalue weighted by Gasteiger charge is -2.29. The van der Waals surface area contributed by atoms with Crippen molar-refractivity contribution < 1.29 is 9.57 Å². The van der Waals surface area contributed by atoms with Crippen LogP contribution in [0.25, 0.3) is 10.9 Å². The van der Waals surface area contributed by atoms with Crippen molar-refractivity contribution in [2.45, 2.75) is 6.04 Å². The van der Waals surface area contributed by atoms with Crippen LogP contribution in [0.1, 0.15) is 11.6 Å². The number of hydrogen-bond donors (Lipinski definition) is 0. The van der Waals surface area contributed by atoms with Gasteiger partial charge in [-0.2, -0.15) is 5.06 Å². The Hall–Kier alpha value is -1.65. The van der Waals surface area contributed by atoms with E-state index in [1.807, 2.05) is 30.3 Å². The molecular formula is C14H14N2O2. The molecule has 1 fully saturated rings. The van der Waals surface area contributed by atoms with Gasteiger partial charge in [0.25, 0.3) is 0 Å². The molecule has 92 valence electrons. The molecule has 18 heavy (non-hydrogen) atoms. The van der Waals surface area contributed by atoms with Crippen molar-refractivity contribution in [3.05, 3.63) is 35.9 Å². The number of para-hydroxylation sites is 1. The molecule has 2 atom stereocenters. The second kappa shape index (κ2) is 3.67. The zero-order chi connectivity index (χ0) is 12.1. The maximum Gasteiger partial charge on any atom is 0.218 e. The average Bonchev–Trinajstić information content (AvgIpc) is 2.78. The summed E-state index contributed by atoms with van der Waals surface area (Å²) in [6, 6.07) is 10.6. The Balaban J connectivity index is 1.93. The fourth-order valence-corrected chi connectivity index (χ4v) is 2.90. The molecule has 0 saturated carbocycles. The van der Waals surface area contributed by atoms with Gasteiger partial charge in [0.05, 0.1) is 24.8 Å². The van der Waals surface area contributed by atoms with Gasteiger partial charge in [-0.25, -0.2) is 4.98 Å². The summed E-state index contributed by atoms with van der Waals surface area (Å²) in [5.74, 6) is 1.16. The summed E-state index contributed by atoms with van der Waals surface area (Å²) in [5, 5.41) is 3.09. The minimum atomic E-state index is 0.269. The highest BCUT2D eigenvalue weighted by Gasteiger charge is 2.40. The summed E-state index contributed by atoms with van der Waals surface area (Å²) in [6.07, 6.45) is 0. The molecule has 0 amide bonds. The number of fused-ring (bicyclic) bond motifs is 4. The van der Waals surface area contributed by atoms with Crippen LogP contribution in [0.5, 0.6) is 5.88 Å². The second-order valence-corrected chi connectivity index (χ2v) is 4.93. The summed E-state index contributed by atoms with van der Waals surface area (Å²) in [7, 11) is 1.98. The average molecular weight is 242 g/mol. The Morgan fingerprint density at radius 2 is 2.17 bits per heavy atom. The number of hydrogen-bond acceptors (Lipinski definition) is 4. The van der Waals surface area contributed by atoms with E-state index in [1.165, 1.54) is 0 Å². The molecule has 2 aliphatic heterocycles. The number of hydroxylamine groups is 2. The van der Waals surface area contributed by atoms with E-state index in [0.29, 0.717) is 12.5 Å². The number of pyridine rings is 1. The van der Waals surface area contributed by atoms with Crippen molar-refractivity contribution in [3.63, 3.8) is 0 Å². The lowest BCUT2D eigenvalue weighted by atomic mass is 9.93. The van der Waals surface area contributed by atoms with Gasteiger partial charge >= 0.3 is 0 Å². The van der Waals surface area contributed by atoms with Crippen molar-refractivity contribution in [1.82, 2.24) is 10.0 Å². The minimum Gasteiger partial charge on any atom is -0.477 e. The van der Waals surface area contributed by atoms with Crippen molar-refractivity contribution in [3.8, 4) is 5.88 Å². The SMILES string of the molecule is CN1OC[C@H]2COc3nc4ccccc4cc3[C@H]21. The van der Waals surface area contributed by atoms with Gasteiger partial charge in [0, 0.05) is 23.9 Å². The van der Waals surface area contributed by atoms with E-state index in [0.717, 1.165) is 29.0 Å². The predicted molar refractivity (Wildman–Crippen MR) is 67.2 cm³/mol. The van der Waals surface area contributed by atoms with Crippen LogP contribution in [0.4, 0.5) is 0 Å². The maximum absolute atomic E-state index is 5.78. The van der Waals surface area contributed by atoms with Gasteiger partial charge in [0.1, 0.15) is 0 Å². The van der Waals surface area contributed by atoms with Crippen LogP contribution in [0.2, 0.25) is 0 Å². The third-order valence-corrected chi connectivity index (χ3v) is 3.80. The van der Waals surface area contributed by atoms with Crippen LogP contribution >= 0.6 is 0 Å². The molecular weight excluding hydrogens is 228 g/mol. The van der Waals surface area contributed by atoms with Crippen LogP contribution in [0.15, 0.2) is 30.3 Å². The monoisotopic (exact) mass is 242 g/mol. The molecule has 0 bridgehead atoms. The molecule has 0 N–H and O–H groups in total. The molecule has 1 aromatic heterocycles. The Morgan fingerprint density at radius 3 is 3.11 bits per heavy atom. The van der Waals surface area contributed by atoms with E-state index in [4.69, 9.17) is 9.57 Å². The fourth-order valence-electron chi connectivity index (χ4n) is 2.90. The Kier molecular flexibility index (Phi) is 2.10. The summed E-state index contributed by atoms with van der Waals surface area (Å²) < 4.78 is 5.78. The van der Waals surface area contributed by atoms with E-state index < -0.39 is 0 Å². The Bertz CT molecular complexity index is 614. The van der Waals surface area contributed by atoms with Crippen molar-refractivity contribution in [2.24, 2.45) is 5.92 Å². The molecule has 2 aliphatic rings. The van der Waals surface area contributed by atoms with Crippen LogP contribution in [0, 0.1) is 5.92 Å².